The molecule has 0 saturated heterocycles. The van der Waals surface area contributed by atoms with Gasteiger partial charge in [0.05, 0.1) is 156 Å². The average Bonchev–Trinajstić information content (AvgIpc) is 1.66. The molecule has 28 heteroatoms. The van der Waals surface area contributed by atoms with Crippen molar-refractivity contribution in [3.63, 3.8) is 0 Å². The van der Waals surface area contributed by atoms with Crippen molar-refractivity contribution in [1.82, 2.24) is 25.4 Å². The molecule has 26 nitrogen and oxygen atoms in total. The van der Waals surface area contributed by atoms with Gasteiger partial charge in [0.25, 0.3) is 0 Å². The van der Waals surface area contributed by atoms with Gasteiger partial charge in [-0.15, -0.1) is 0 Å². The normalized spacial score (nSPS) is 13.0. The predicted octanol–water partition coefficient (Wildman–Crippen LogP) is 18.3. The number of aliphatic imine (C=N–C) groups is 4. The van der Waals surface area contributed by atoms with Crippen molar-refractivity contribution in [2.75, 3.05) is 89.0 Å². The Morgan fingerprint density at radius 1 is 0.369 bits per heavy atom. The summed E-state index contributed by atoms with van der Waals surface area (Å²) in [5.41, 5.74) is 20.2. The number of nitrogens with zero attached hydrogens (tertiary/aromatic N) is 7. The Bertz CT molecular complexity index is 6440. The molecule has 0 saturated carbocycles. The number of furan rings is 4. The van der Waals surface area contributed by atoms with Gasteiger partial charge in [-0.05, 0) is 176 Å². The molecule has 4 aliphatic rings. The number of methoxy groups -OCH3 is 5. The fourth-order valence-electron chi connectivity index (χ4n) is 13.0. The van der Waals surface area contributed by atoms with E-state index in [0.717, 1.165) is 183 Å². The second-order valence-electron chi connectivity index (χ2n) is 27.3. The van der Waals surface area contributed by atoms with Crippen molar-refractivity contribution in [3.05, 3.63) is 344 Å². The molecule has 0 unspecified atom stereocenters. The minimum Gasteiger partial charge on any atom is -0.497 e. The Labute approximate surface area is 705 Å². The van der Waals surface area contributed by atoms with Gasteiger partial charge in [-0.3, -0.25) is 49.4 Å². The fourth-order valence-corrected chi connectivity index (χ4v) is 14.1. The van der Waals surface area contributed by atoms with E-state index in [4.69, 9.17) is 41.4 Å². The van der Waals surface area contributed by atoms with E-state index in [-0.39, 0.29) is 5.91 Å². The lowest BCUT2D eigenvalue weighted by atomic mass is 10.1. The van der Waals surface area contributed by atoms with Gasteiger partial charge in [-0.1, -0.05) is 84.9 Å². The smallest absolute Gasteiger partial charge is 0.229 e. The zero-order valence-electron chi connectivity index (χ0n) is 67.8. The van der Waals surface area contributed by atoms with Gasteiger partial charge < -0.3 is 46.7 Å². The molecule has 0 bridgehead atoms. The molecule has 0 aliphatic carbocycles. The Morgan fingerprint density at radius 3 is 1.26 bits per heavy atom. The van der Waals surface area contributed by atoms with Crippen LogP contribution in [0.2, 0.25) is 0 Å². The number of carbonyl (C=O) groups excluding carboxylic acids is 1. The number of sulfonamides is 2. The highest BCUT2D eigenvalue weighted by Crippen LogP contribution is 2.37. The Balaban J connectivity index is 0.000000126. The van der Waals surface area contributed by atoms with Crippen LogP contribution in [0.15, 0.2) is 336 Å². The zero-order chi connectivity index (χ0) is 85.4. The summed E-state index contributed by atoms with van der Waals surface area (Å²) in [6.07, 6.45) is 18.6. The molecule has 0 atom stereocenters. The summed E-state index contributed by atoms with van der Waals surface area (Å²) >= 11 is 0. The van der Waals surface area contributed by atoms with Crippen molar-refractivity contribution in [2.45, 2.75) is 6.92 Å². The standard InChI is InChI=1S/C18H18N2O3.C16H14N2O2.C15H13N3O.2C15H14N2O3S.C15H13NO2/c1-21-12-8-9-14(18(10-12)23-3)16-11-15(19-20-16)13-6-4-5-7-17(13)22-2;1-11(19)18-14-5-2-4-12(8-14)15-9-13(10-17-15)16-6-3-7-20-16;1-19-15-8-3-2-6-11(15)13-10-14(18-17-13)12-7-4-5-9-16-12;1-21(18,19)17-13-5-2-4-11(8-13)14-9-12(10-16-14)15-6-3-7-20-15;1-21(18,19)17-13-6-3-2-5-12(13)14-9-11(10-16-14)15-7-4-8-20-15;1-17-13-5-2-4-11(8-13)14-9-12(10-16-14)15-6-3-7-18-15/h4-11H,1-3H3,(H,19,20);2-9H,10H2,1H3,(H,18,19);2-10H,1H3,(H,17,18);2*2-9,17H,10H2,1H3;2-9H,10H2,1H3. The summed E-state index contributed by atoms with van der Waals surface area (Å²) in [5, 5.41) is 17.6. The Morgan fingerprint density at radius 2 is 0.795 bits per heavy atom. The summed E-state index contributed by atoms with van der Waals surface area (Å²) in [4.78, 5) is 33.4. The molecule has 0 fully saturated rings. The number of hydrogen-bond acceptors (Lipinski definition) is 21. The number of ether oxygens (including phenoxy) is 5. The molecule has 7 aromatic carbocycles. The lowest BCUT2D eigenvalue weighted by Gasteiger charge is -2.09. The molecular formula is C94H86N12O14S2. The van der Waals surface area contributed by atoms with Crippen molar-refractivity contribution in [3.8, 4) is 73.9 Å². The number of allylic oxidation sites excluding steroid dienone is 4. The molecule has 14 aromatic rings. The van der Waals surface area contributed by atoms with Crippen LogP contribution in [0.3, 0.4) is 0 Å². The highest BCUT2D eigenvalue weighted by Gasteiger charge is 2.22. The molecule has 4 aliphatic heterocycles. The maximum atomic E-state index is 11.4. The minimum atomic E-state index is -3.33. The number of benzene rings is 7. The molecule has 1 amide bonds. The highest BCUT2D eigenvalue weighted by molar-refractivity contribution is 7.92. The number of nitrogens with one attached hydrogen (secondary N) is 5. The first kappa shape index (κ1) is 84.7. The SMILES string of the molecule is CC(=O)Nc1cccc(C2=NCC(c3ccco3)=C2)c1.COc1ccc(-c2cc(-c3ccccc3OC)n[nH]2)c(OC)c1.COc1cccc(C2=NCC(c3ccco3)=C2)c1.COc1ccccc1-c1cc(-c2ccccn2)[nH]n1.CS(=O)(=O)Nc1cccc(C2=NCC(c3ccco3)=C2)c1.CS(=O)(=O)Nc1ccccc1C1=NCC(c2ccco2)=C1. The van der Waals surface area contributed by atoms with E-state index in [2.05, 4.69) is 66.2 Å². The third kappa shape index (κ3) is 22.8. The highest BCUT2D eigenvalue weighted by atomic mass is 32.2. The second kappa shape index (κ2) is 40.3. The van der Waals surface area contributed by atoms with Gasteiger partial charge in [-0.25, -0.2) is 16.8 Å². The monoisotopic (exact) mass is 1670 g/mol. The average molecular weight is 1670 g/mol. The van der Waals surface area contributed by atoms with Crippen molar-refractivity contribution < 1.29 is 63.0 Å². The fraction of sp³-hybridized carbons (Fsp3) is 0.128. The van der Waals surface area contributed by atoms with Crippen LogP contribution in [-0.2, 0) is 24.8 Å². The molecule has 11 heterocycles. The molecule has 0 radical (unpaired) electrons. The zero-order valence-corrected chi connectivity index (χ0v) is 69.4. The summed E-state index contributed by atoms with van der Waals surface area (Å²) < 4.78 is 98.5. The number of H-pyrrole nitrogens is 2. The molecule has 122 heavy (non-hydrogen) atoms. The van der Waals surface area contributed by atoms with Crippen LogP contribution in [0.1, 0.15) is 52.2 Å². The van der Waals surface area contributed by atoms with E-state index in [9.17, 15) is 21.6 Å². The van der Waals surface area contributed by atoms with Crippen LogP contribution >= 0.6 is 0 Å². The lowest BCUT2D eigenvalue weighted by molar-refractivity contribution is -0.114. The van der Waals surface area contributed by atoms with E-state index >= 15 is 0 Å². The van der Waals surface area contributed by atoms with Gasteiger partial charge in [0.2, 0.25) is 26.0 Å². The van der Waals surface area contributed by atoms with Gasteiger partial charge >= 0.3 is 0 Å². The van der Waals surface area contributed by atoms with Crippen LogP contribution in [0, 0.1) is 0 Å². The summed E-state index contributed by atoms with van der Waals surface area (Å²) in [6, 6.07) is 76.0. The Kier molecular flexibility index (Phi) is 28.0. The maximum absolute atomic E-state index is 11.4. The van der Waals surface area contributed by atoms with E-state index < -0.39 is 20.0 Å². The number of pyridine rings is 1. The van der Waals surface area contributed by atoms with Gasteiger partial charge in [0, 0.05) is 91.8 Å². The third-order valence-electron chi connectivity index (χ3n) is 18.6. The Hall–Kier alpha value is -15.2. The number of para-hydroxylation sites is 3. The van der Waals surface area contributed by atoms with Crippen molar-refractivity contribution in [1.29, 1.82) is 0 Å². The number of carbonyl (C=O) groups is 1. The largest absolute Gasteiger partial charge is 0.497 e. The topological polar surface area (TPSA) is 340 Å². The predicted molar refractivity (Wildman–Crippen MR) is 479 cm³/mol. The van der Waals surface area contributed by atoms with E-state index in [1.165, 1.54) is 6.92 Å². The number of aromatic amines is 2. The summed E-state index contributed by atoms with van der Waals surface area (Å²) in [7, 11) is 1.63. The number of rotatable bonds is 22. The van der Waals surface area contributed by atoms with Crippen LogP contribution in [0.4, 0.5) is 17.1 Å². The number of amides is 1. The van der Waals surface area contributed by atoms with Crippen molar-refractivity contribution in [2.24, 2.45) is 20.0 Å². The molecule has 618 valence electrons. The first-order valence-corrected chi connectivity index (χ1v) is 41.9. The van der Waals surface area contributed by atoms with Gasteiger partial charge in [-0.2, -0.15) is 10.2 Å². The van der Waals surface area contributed by atoms with E-state index in [0.29, 0.717) is 37.6 Å². The molecular weight excluding hydrogens is 1590 g/mol. The van der Waals surface area contributed by atoms with Gasteiger partial charge in [0.1, 0.15) is 51.8 Å². The van der Waals surface area contributed by atoms with E-state index in [1.54, 1.807) is 97.1 Å². The number of anilines is 3. The third-order valence-corrected chi connectivity index (χ3v) is 19.8. The summed E-state index contributed by atoms with van der Waals surface area (Å²) in [5.74, 6) is 7.14. The second-order valence-corrected chi connectivity index (χ2v) is 30.8. The molecule has 5 N–H and O–H groups in total. The van der Waals surface area contributed by atoms with E-state index in [1.807, 2.05) is 231 Å². The van der Waals surface area contributed by atoms with Gasteiger partial charge in [0.15, 0.2) is 0 Å². The molecule has 0 spiro atoms. The number of hydrogen-bond donors (Lipinski definition) is 5. The molecule has 18 rings (SSSR count). The van der Waals surface area contributed by atoms with Crippen molar-refractivity contribution >= 4 is 88.2 Å². The minimum absolute atomic E-state index is 0.0812. The first-order chi connectivity index (χ1) is 59.3. The lowest BCUT2D eigenvalue weighted by Crippen LogP contribution is -2.12. The first-order valence-electron chi connectivity index (χ1n) is 38.1. The van der Waals surface area contributed by atoms with Crippen LogP contribution in [-0.4, -0.2) is 145 Å². The van der Waals surface area contributed by atoms with Crippen LogP contribution < -0.4 is 38.4 Å². The van der Waals surface area contributed by atoms with Crippen LogP contribution in [0.25, 0.3) is 67.5 Å². The summed E-state index contributed by atoms with van der Waals surface area (Å²) in [6.45, 7) is 3.87. The molecule has 7 aromatic heterocycles. The number of aromatic nitrogens is 5. The van der Waals surface area contributed by atoms with Crippen LogP contribution in [0.5, 0.6) is 28.7 Å². The maximum Gasteiger partial charge on any atom is 0.229 e. The quantitative estimate of drug-likeness (QED) is 0.0421.